The number of hydrogen-bond acceptors (Lipinski definition) is 6. The van der Waals surface area contributed by atoms with Gasteiger partial charge in [0.1, 0.15) is 23.0 Å². The zero-order valence-electron chi connectivity index (χ0n) is 17.8. The van der Waals surface area contributed by atoms with Crippen molar-refractivity contribution in [2.45, 2.75) is 26.8 Å². The van der Waals surface area contributed by atoms with Crippen LogP contribution in [0.4, 0.5) is 0 Å². The van der Waals surface area contributed by atoms with Gasteiger partial charge in [-0.15, -0.1) is 5.92 Å². The van der Waals surface area contributed by atoms with Gasteiger partial charge in [0.05, 0.1) is 18.8 Å². The number of nitrogens with zero attached hydrogens (tertiary/aromatic N) is 2. The van der Waals surface area contributed by atoms with Crippen LogP contribution in [0.25, 0.3) is 22.4 Å². The Morgan fingerprint density at radius 2 is 1.81 bits per heavy atom. The monoisotopic (exact) mass is 418 g/mol. The average Bonchev–Trinajstić information content (AvgIpc) is 3.15. The predicted molar refractivity (Wildman–Crippen MR) is 119 cm³/mol. The number of aromatic nitrogens is 1. The first-order valence-electron chi connectivity index (χ1n) is 10.4. The second-order valence-electron chi connectivity index (χ2n) is 7.65. The summed E-state index contributed by atoms with van der Waals surface area (Å²) in [6.45, 7) is 7.95. The van der Waals surface area contributed by atoms with Crippen molar-refractivity contribution in [3.63, 3.8) is 0 Å². The molecule has 3 aromatic rings. The third-order valence-corrected chi connectivity index (χ3v) is 5.52. The van der Waals surface area contributed by atoms with E-state index in [-0.39, 0.29) is 11.5 Å². The van der Waals surface area contributed by atoms with Gasteiger partial charge >= 0.3 is 0 Å². The summed E-state index contributed by atoms with van der Waals surface area (Å²) in [5, 5.41) is 24.9. The fourth-order valence-electron chi connectivity index (χ4n) is 3.83. The van der Waals surface area contributed by atoms with E-state index in [0.29, 0.717) is 29.0 Å². The Bertz CT molecular complexity index is 1120. The van der Waals surface area contributed by atoms with Gasteiger partial charge in [0, 0.05) is 43.2 Å². The smallest absolute Gasteiger partial charge is 0.142 e. The highest BCUT2D eigenvalue weighted by atomic mass is 16.5. The predicted octanol–water partition coefficient (Wildman–Crippen LogP) is 4.13. The van der Waals surface area contributed by atoms with E-state index in [0.717, 1.165) is 44.0 Å². The minimum atomic E-state index is -0.0517. The molecule has 1 aliphatic heterocycles. The fraction of sp³-hybridized carbons (Fsp3) is 0.320. The number of ether oxygens (including phenoxy) is 1. The van der Waals surface area contributed by atoms with E-state index in [1.807, 2.05) is 6.92 Å². The Morgan fingerprint density at radius 3 is 2.52 bits per heavy atom. The first-order valence-corrected chi connectivity index (χ1v) is 10.4. The molecular formula is C25H26N2O4. The number of phenols is 2. The molecule has 0 aliphatic carbocycles. The number of aryl methyl sites for hydroxylation is 1. The molecule has 1 aliphatic rings. The average molecular weight is 418 g/mol. The minimum absolute atomic E-state index is 0.0123. The molecular weight excluding hydrogens is 392 g/mol. The van der Waals surface area contributed by atoms with Crippen LogP contribution in [0, 0.1) is 18.8 Å². The van der Waals surface area contributed by atoms with Gasteiger partial charge in [-0.05, 0) is 31.0 Å². The lowest BCUT2D eigenvalue weighted by Gasteiger charge is -2.26. The van der Waals surface area contributed by atoms with Gasteiger partial charge in [-0.1, -0.05) is 35.3 Å². The number of rotatable bonds is 5. The third-order valence-electron chi connectivity index (χ3n) is 5.52. The van der Waals surface area contributed by atoms with Gasteiger partial charge in [-0.25, -0.2) is 0 Å². The topological polar surface area (TPSA) is 79.0 Å². The van der Waals surface area contributed by atoms with E-state index < -0.39 is 0 Å². The molecule has 2 aromatic carbocycles. The van der Waals surface area contributed by atoms with E-state index in [4.69, 9.17) is 9.26 Å². The normalized spacial score (nSPS) is 14.3. The van der Waals surface area contributed by atoms with Crippen molar-refractivity contribution in [3.05, 3.63) is 53.3 Å². The lowest BCUT2D eigenvalue weighted by Crippen LogP contribution is -2.35. The van der Waals surface area contributed by atoms with Gasteiger partial charge < -0.3 is 19.5 Å². The van der Waals surface area contributed by atoms with Crippen LogP contribution in [-0.4, -0.2) is 46.6 Å². The van der Waals surface area contributed by atoms with E-state index >= 15 is 0 Å². The molecule has 1 fully saturated rings. The van der Waals surface area contributed by atoms with E-state index in [2.05, 4.69) is 46.2 Å². The zero-order valence-corrected chi connectivity index (χ0v) is 17.8. The molecule has 0 amide bonds. The van der Waals surface area contributed by atoms with E-state index in [1.54, 1.807) is 13.0 Å². The standard InChI is InChI=1S/C25H26N2O4/c1-3-4-5-20-14-21(23(29)15-22(20)28)25-24(17(2)31-26-25)19-8-6-18(7-9-19)16-27-10-12-30-13-11-27/h6-9,14-15,28-29H,5,10-13,16H2,1-2H3. The van der Waals surface area contributed by atoms with Crippen molar-refractivity contribution >= 4 is 0 Å². The summed E-state index contributed by atoms with van der Waals surface area (Å²) in [5.41, 5.74) is 4.70. The van der Waals surface area contributed by atoms with E-state index in [1.165, 1.54) is 11.6 Å². The second kappa shape index (κ2) is 9.25. The molecule has 0 spiro atoms. The molecule has 2 heterocycles. The van der Waals surface area contributed by atoms with Crippen LogP contribution < -0.4 is 0 Å². The number of benzene rings is 2. The summed E-state index contributed by atoms with van der Waals surface area (Å²) < 4.78 is 10.9. The van der Waals surface area contributed by atoms with Crippen molar-refractivity contribution < 1.29 is 19.5 Å². The molecule has 0 atom stereocenters. The van der Waals surface area contributed by atoms with Gasteiger partial charge in [0.15, 0.2) is 0 Å². The summed E-state index contributed by atoms with van der Waals surface area (Å²) in [6.07, 6.45) is 0.387. The number of aromatic hydroxyl groups is 2. The summed E-state index contributed by atoms with van der Waals surface area (Å²) in [5.74, 6) is 6.40. The first kappa shape index (κ1) is 21.0. The summed E-state index contributed by atoms with van der Waals surface area (Å²) in [6, 6.07) is 11.4. The lowest BCUT2D eigenvalue weighted by molar-refractivity contribution is 0.0342. The first-order chi connectivity index (χ1) is 15.1. The van der Waals surface area contributed by atoms with Crippen molar-refractivity contribution in [1.29, 1.82) is 0 Å². The van der Waals surface area contributed by atoms with Crippen LogP contribution in [0.2, 0.25) is 0 Å². The number of hydrogen-bond donors (Lipinski definition) is 2. The van der Waals surface area contributed by atoms with Crippen LogP contribution in [0.5, 0.6) is 11.5 Å². The largest absolute Gasteiger partial charge is 0.507 e. The zero-order chi connectivity index (χ0) is 21.8. The Labute approximate surface area is 182 Å². The summed E-state index contributed by atoms with van der Waals surface area (Å²) >= 11 is 0. The molecule has 1 saturated heterocycles. The fourth-order valence-corrected chi connectivity index (χ4v) is 3.83. The van der Waals surface area contributed by atoms with Gasteiger partial charge in [0.2, 0.25) is 0 Å². The minimum Gasteiger partial charge on any atom is -0.507 e. The maximum absolute atomic E-state index is 10.5. The molecule has 6 nitrogen and oxygen atoms in total. The highest BCUT2D eigenvalue weighted by Gasteiger charge is 2.21. The molecule has 160 valence electrons. The maximum atomic E-state index is 10.5. The molecule has 0 unspecified atom stereocenters. The number of phenolic OH excluding ortho intramolecular Hbond substituents is 2. The second-order valence-corrected chi connectivity index (χ2v) is 7.65. The van der Waals surface area contributed by atoms with Crippen LogP contribution in [0.15, 0.2) is 40.9 Å². The van der Waals surface area contributed by atoms with Crippen LogP contribution >= 0.6 is 0 Å². The van der Waals surface area contributed by atoms with E-state index in [9.17, 15) is 10.2 Å². The van der Waals surface area contributed by atoms with Crippen LogP contribution in [-0.2, 0) is 17.7 Å². The van der Waals surface area contributed by atoms with Gasteiger partial charge in [-0.2, -0.15) is 0 Å². The summed E-state index contributed by atoms with van der Waals surface area (Å²) in [4.78, 5) is 2.38. The van der Waals surface area contributed by atoms with Crippen LogP contribution in [0.1, 0.15) is 23.8 Å². The Hall–Kier alpha value is -3.27. The van der Waals surface area contributed by atoms with Crippen molar-refractivity contribution in [2.75, 3.05) is 26.3 Å². The lowest BCUT2D eigenvalue weighted by atomic mass is 9.96. The van der Waals surface area contributed by atoms with Crippen molar-refractivity contribution in [2.24, 2.45) is 0 Å². The Morgan fingerprint density at radius 1 is 1.06 bits per heavy atom. The molecule has 0 bridgehead atoms. The highest BCUT2D eigenvalue weighted by molar-refractivity contribution is 5.85. The molecule has 0 radical (unpaired) electrons. The van der Waals surface area contributed by atoms with Crippen molar-refractivity contribution in [1.82, 2.24) is 10.1 Å². The molecule has 4 rings (SSSR count). The van der Waals surface area contributed by atoms with Crippen LogP contribution in [0.3, 0.4) is 0 Å². The third kappa shape index (κ3) is 4.58. The molecule has 1 aromatic heterocycles. The Kier molecular flexibility index (Phi) is 6.26. The SMILES string of the molecule is CC#CCc1cc(-c2noc(C)c2-c2ccc(CN3CCOCC3)cc2)c(O)cc1O. The quantitative estimate of drug-likeness (QED) is 0.607. The molecule has 2 N–H and O–H groups in total. The molecule has 31 heavy (non-hydrogen) atoms. The van der Waals surface area contributed by atoms with Gasteiger partial charge in [-0.3, -0.25) is 4.90 Å². The molecule has 0 saturated carbocycles. The summed E-state index contributed by atoms with van der Waals surface area (Å²) in [7, 11) is 0. The van der Waals surface area contributed by atoms with Gasteiger partial charge in [0.25, 0.3) is 0 Å². The maximum Gasteiger partial charge on any atom is 0.142 e. The van der Waals surface area contributed by atoms with Crippen molar-refractivity contribution in [3.8, 4) is 45.7 Å². The highest BCUT2D eigenvalue weighted by Crippen LogP contribution is 2.41. The number of morpholine rings is 1. The molecule has 6 heteroatoms. The Balaban J connectivity index is 1.66.